The molecule has 0 aliphatic carbocycles. The van der Waals surface area contributed by atoms with Crippen molar-refractivity contribution in [1.29, 1.82) is 0 Å². The van der Waals surface area contributed by atoms with Gasteiger partial charge in [0.05, 0.1) is 11.8 Å². The van der Waals surface area contributed by atoms with Gasteiger partial charge in [0.25, 0.3) is 5.91 Å². The third kappa shape index (κ3) is 4.99. The monoisotopic (exact) mass is 442 g/mol. The van der Waals surface area contributed by atoms with Crippen molar-refractivity contribution in [2.75, 3.05) is 32.4 Å². The Bertz CT molecular complexity index is 967. The number of thioether (sulfide) groups is 1. The molecule has 0 N–H and O–H groups in total. The third-order valence-electron chi connectivity index (χ3n) is 5.50. The van der Waals surface area contributed by atoms with Gasteiger partial charge in [-0.2, -0.15) is 11.8 Å². The minimum absolute atomic E-state index is 0.105. The molecule has 1 fully saturated rings. The summed E-state index contributed by atoms with van der Waals surface area (Å²) in [5, 5.41) is 0. The van der Waals surface area contributed by atoms with Crippen LogP contribution in [0.15, 0.2) is 65.1 Å². The second-order valence-electron chi connectivity index (χ2n) is 7.53. The molecule has 0 spiro atoms. The fourth-order valence-electron chi connectivity index (χ4n) is 3.96. The van der Waals surface area contributed by atoms with Gasteiger partial charge >= 0.3 is 0 Å². The molecule has 1 aliphatic rings. The van der Waals surface area contributed by atoms with E-state index < -0.39 is 0 Å². The van der Waals surface area contributed by atoms with E-state index in [1.54, 1.807) is 47.0 Å². The van der Waals surface area contributed by atoms with Gasteiger partial charge in [-0.3, -0.25) is 9.69 Å². The van der Waals surface area contributed by atoms with Crippen molar-refractivity contribution < 1.29 is 18.0 Å². The summed E-state index contributed by atoms with van der Waals surface area (Å²) in [6.45, 7) is 2.39. The second-order valence-corrected chi connectivity index (χ2v) is 8.40. The molecule has 31 heavy (non-hydrogen) atoms. The van der Waals surface area contributed by atoms with E-state index in [0.717, 1.165) is 22.6 Å². The molecule has 0 bridgehead atoms. The van der Waals surface area contributed by atoms with Crippen molar-refractivity contribution in [2.45, 2.75) is 11.8 Å². The highest BCUT2D eigenvalue weighted by Gasteiger charge is 2.29. The zero-order valence-corrected chi connectivity index (χ0v) is 18.1. The van der Waals surface area contributed by atoms with E-state index in [2.05, 4.69) is 4.90 Å². The van der Waals surface area contributed by atoms with Gasteiger partial charge in [-0.15, -0.1) is 0 Å². The van der Waals surface area contributed by atoms with Crippen molar-refractivity contribution in [3.63, 3.8) is 0 Å². The molecule has 2 heterocycles. The van der Waals surface area contributed by atoms with Crippen molar-refractivity contribution in [1.82, 2.24) is 9.80 Å². The number of hydrogen-bond acceptors (Lipinski definition) is 4. The Hall–Kier alpha value is -2.64. The van der Waals surface area contributed by atoms with Crippen LogP contribution in [0.25, 0.3) is 0 Å². The summed E-state index contributed by atoms with van der Waals surface area (Å²) in [4.78, 5) is 16.9. The van der Waals surface area contributed by atoms with E-state index in [9.17, 15) is 13.6 Å². The van der Waals surface area contributed by atoms with E-state index in [0.29, 0.717) is 31.9 Å². The first-order chi connectivity index (χ1) is 15.0. The lowest BCUT2D eigenvalue weighted by atomic mass is 9.96. The number of furan rings is 1. The third-order valence-corrected chi connectivity index (χ3v) is 6.07. The quantitative estimate of drug-likeness (QED) is 0.540. The maximum Gasteiger partial charge on any atom is 0.289 e. The van der Waals surface area contributed by atoms with E-state index in [1.165, 1.54) is 24.3 Å². The van der Waals surface area contributed by atoms with E-state index in [1.807, 2.05) is 12.3 Å². The molecule has 7 heteroatoms. The molecule has 162 valence electrons. The predicted molar refractivity (Wildman–Crippen MR) is 118 cm³/mol. The Morgan fingerprint density at radius 1 is 0.903 bits per heavy atom. The Morgan fingerprint density at radius 3 is 1.97 bits per heavy atom. The SMILES string of the molecule is CSCc1ccc(C(=O)N2CCN(C(c3ccc(F)cc3)c3ccc(F)cc3)CC2)o1. The highest BCUT2D eigenvalue weighted by Crippen LogP contribution is 2.30. The second kappa shape index (κ2) is 9.66. The Balaban J connectivity index is 1.50. The van der Waals surface area contributed by atoms with Gasteiger partial charge in [-0.25, -0.2) is 8.78 Å². The van der Waals surface area contributed by atoms with Gasteiger partial charge in [-0.1, -0.05) is 24.3 Å². The van der Waals surface area contributed by atoms with Gasteiger partial charge in [0.1, 0.15) is 17.4 Å². The van der Waals surface area contributed by atoms with Gasteiger partial charge in [0.2, 0.25) is 0 Å². The summed E-state index contributed by atoms with van der Waals surface area (Å²) < 4.78 is 32.6. The Labute approximate surface area is 184 Å². The van der Waals surface area contributed by atoms with Crippen LogP contribution in [0.4, 0.5) is 8.78 Å². The van der Waals surface area contributed by atoms with Crippen LogP contribution < -0.4 is 0 Å². The molecule has 1 aromatic heterocycles. The molecular formula is C24H24F2N2O2S. The van der Waals surface area contributed by atoms with Crippen molar-refractivity contribution in [3.05, 3.63) is 94.9 Å². The van der Waals surface area contributed by atoms with Gasteiger partial charge < -0.3 is 9.32 Å². The van der Waals surface area contributed by atoms with Crippen molar-refractivity contribution >= 4 is 17.7 Å². The molecule has 1 amide bonds. The molecule has 2 aromatic carbocycles. The topological polar surface area (TPSA) is 36.7 Å². The predicted octanol–water partition coefficient (Wildman–Crippen LogP) is 4.97. The molecule has 1 aliphatic heterocycles. The minimum Gasteiger partial charge on any atom is -0.455 e. The lowest BCUT2D eigenvalue weighted by Gasteiger charge is -2.39. The number of amides is 1. The first-order valence-corrected chi connectivity index (χ1v) is 11.6. The summed E-state index contributed by atoms with van der Waals surface area (Å²) in [5.41, 5.74) is 1.86. The first-order valence-electron chi connectivity index (χ1n) is 10.2. The average molecular weight is 443 g/mol. The number of benzene rings is 2. The molecule has 1 saturated heterocycles. The molecule has 0 unspecified atom stereocenters. The molecule has 4 nitrogen and oxygen atoms in total. The van der Waals surface area contributed by atoms with Crippen LogP contribution in [-0.2, 0) is 5.75 Å². The summed E-state index contributed by atoms with van der Waals surface area (Å²) in [6, 6.07) is 16.2. The fourth-order valence-corrected chi connectivity index (χ4v) is 4.40. The summed E-state index contributed by atoms with van der Waals surface area (Å²) in [7, 11) is 0. The van der Waals surface area contributed by atoms with E-state index >= 15 is 0 Å². The number of nitrogens with zero attached hydrogens (tertiary/aromatic N) is 2. The summed E-state index contributed by atoms with van der Waals surface area (Å²) in [6.07, 6.45) is 1.99. The number of halogens is 2. The number of rotatable bonds is 6. The Morgan fingerprint density at radius 2 is 1.45 bits per heavy atom. The number of hydrogen-bond donors (Lipinski definition) is 0. The highest BCUT2D eigenvalue weighted by molar-refractivity contribution is 7.97. The average Bonchev–Trinajstić information content (AvgIpc) is 3.25. The highest BCUT2D eigenvalue weighted by atomic mass is 32.2. The molecule has 0 radical (unpaired) electrons. The molecule has 4 rings (SSSR count). The minimum atomic E-state index is -0.295. The smallest absolute Gasteiger partial charge is 0.289 e. The standard InChI is InChI=1S/C24H24F2N2O2S/c1-31-16-21-10-11-22(30-21)24(29)28-14-12-27(13-15-28)23(17-2-6-19(25)7-3-17)18-4-8-20(26)9-5-18/h2-11,23H,12-16H2,1H3. The maximum atomic E-state index is 13.5. The normalized spacial score (nSPS) is 14.9. The zero-order valence-electron chi connectivity index (χ0n) is 17.3. The largest absolute Gasteiger partial charge is 0.455 e. The van der Waals surface area contributed by atoms with E-state index in [-0.39, 0.29) is 23.6 Å². The fraction of sp³-hybridized carbons (Fsp3) is 0.292. The van der Waals surface area contributed by atoms with Crippen molar-refractivity contribution in [2.24, 2.45) is 0 Å². The van der Waals surface area contributed by atoms with Crippen molar-refractivity contribution in [3.8, 4) is 0 Å². The van der Waals surface area contributed by atoms with Crippen LogP contribution >= 0.6 is 11.8 Å². The Kier molecular flexibility index (Phi) is 6.73. The van der Waals surface area contributed by atoms with Gasteiger partial charge in [-0.05, 0) is 53.8 Å². The van der Waals surface area contributed by atoms with Gasteiger partial charge in [0, 0.05) is 26.2 Å². The maximum absolute atomic E-state index is 13.5. The van der Waals surface area contributed by atoms with Gasteiger partial charge in [0.15, 0.2) is 5.76 Å². The van der Waals surface area contributed by atoms with Crippen LogP contribution in [0, 0.1) is 11.6 Å². The summed E-state index contributed by atoms with van der Waals surface area (Å²) in [5.74, 6) is 1.20. The van der Waals surface area contributed by atoms with Crippen LogP contribution in [-0.4, -0.2) is 48.1 Å². The van der Waals surface area contributed by atoms with Crippen LogP contribution in [0.1, 0.15) is 33.5 Å². The molecular weight excluding hydrogens is 418 g/mol. The summed E-state index contributed by atoms with van der Waals surface area (Å²) >= 11 is 1.64. The lowest BCUT2D eigenvalue weighted by molar-refractivity contribution is 0.0566. The van der Waals surface area contributed by atoms with Crippen LogP contribution in [0.5, 0.6) is 0 Å². The number of carbonyl (C=O) groups excluding carboxylic acids is 1. The zero-order chi connectivity index (χ0) is 21.8. The van der Waals surface area contributed by atoms with E-state index in [4.69, 9.17) is 4.42 Å². The first kappa shape index (κ1) is 21.6. The molecule has 0 saturated carbocycles. The van der Waals surface area contributed by atoms with Crippen LogP contribution in [0.2, 0.25) is 0 Å². The van der Waals surface area contributed by atoms with Crippen LogP contribution in [0.3, 0.4) is 0 Å². The number of piperazine rings is 1. The lowest BCUT2D eigenvalue weighted by Crippen LogP contribution is -2.49. The number of carbonyl (C=O) groups is 1. The molecule has 3 aromatic rings. The molecule has 0 atom stereocenters.